The van der Waals surface area contributed by atoms with Gasteiger partial charge >= 0.3 is 0 Å². The first kappa shape index (κ1) is 19.6. The van der Waals surface area contributed by atoms with Gasteiger partial charge in [0.1, 0.15) is 5.56 Å². The molecule has 2 aromatic rings. The molecule has 1 aromatic carbocycles. The van der Waals surface area contributed by atoms with Crippen molar-refractivity contribution in [3.8, 4) is 11.5 Å². The lowest BCUT2D eigenvalue weighted by Gasteiger charge is -2.28. The molecular formula is C23H28N2O4. The van der Waals surface area contributed by atoms with Gasteiger partial charge in [0.05, 0.1) is 6.54 Å². The molecule has 0 saturated heterocycles. The zero-order valence-corrected chi connectivity index (χ0v) is 17.1. The molecule has 154 valence electrons. The molecule has 29 heavy (non-hydrogen) atoms. The lowest BCUT2D eigenvalue weighted by Crippen LogP contribution is -2.42. The van der Waals surface area contributed by atoms with Gasteiger partial charge in [-0.1, -0.05) is 25.3 Å². The molecule has 2 aliphatic rings. The average molecular weight is 396 g/mol. The molecule has 1 aliphatic carbocycles. The minimum atomic E-state index is -0.273. The first-order valence-corrected chi connectivity index (χ1v) is 10.4. The van der Waals surface area contributed by atoms with Gasteiger partial charge in [-0.2, -0.15) is 0 Å². The van der Waals surface area contributed by atoms with Crippen molar-refractivity contribution in [1.82, 2.24) is 9.88 Å². The molecule has 6 heteroatoms. The lowest BCUT2D eigenvalue weighted by molar-refractivity contribution is 0.0916. The predicted octanol–water partition coefficient (Wildman–Crippen LogP) is 3.63. The predicted molar refractivity (Wildman–Crippen MR) is 111 cm³/mol. The Morgan fingerprint density at radius 1 is 1.17 bits per heavy atom. The summed E-state index contributed by atoms with van der Waals surface area (Å²) in [6.45, 7) is 4.45. The van der Waals surface area contributed by atoms with E-state index in [4.69, 9.17) is 9.47 Å². The Balaban J connectivity index is 1.53. The number of ether oxygens (including phenoxy) is 2. The first-order valence-electron chi connectivity index (χ1n) is 10.4. The monoisotopic (exact) mass is 396 g/mol. The smallest absolute Gasteiger partial charge is 0.263 e. The van der Waals surface area contributed by atoms with E-state index in [9.17, 15) is 9.59 Å². The number of rotatable bonds is 5. The summed E-state index contributed by atoms with van der Waals surface area (Å²) in [6, 6.07) is 7.53. The van der Waals surface area contributed by atoms with Gasteiger partial charge in [0, 0.05) is 12.2 Å². The van der Waals surface area contributed by atoms with Crippen molar-refractivity contribution < 1.29 is 14.3 Å². The Morgan fingerprint density at radius 3 is 2.72 bits per heavy atom. The lowest BCUT2D eigenvalue weighted by atomic mass is 9.84. The number of pyridine rings is 1. The summed E-state index contributed by atoms with van der Waals surface area (Å²) < 4.78 is 12.3. The number of carbonyl (C=O) groups is 1. The van der Waals surface area contributed by atoms with E-state index in [-0.39, 0.29) is 29.9 Å². The molecule has 1 atom stereocenters. The second-order valence-corrected chi connectivity index (χ2v) is 8.15. The number of amides is 1. The SMILES string of the molecule is Cc1ccn(Cc2ccc3c(c2)OCO3)c(=O)c1C(=O)N[C@H](C)C1CCCCC1. The molecule has 0 unspecified atom stereocenters. The third-order valence-electron chi connectivity index (χ3n) is 6.11. The van der Waals surface area contributed by atoms with Crippen molar-refractivity contribution in [2.75, 3.05) is 6.79 Å². The Bertz CT molecular complexity index is 960. The molecule has 4 rings (SSSR count). The fourth-order valence-corrected chi connectivity index (χ4v) is 4.33. The summed E-state index contributed by atoms with van der Waals surface area (Å²) in [7, 11) is 0. The van der Waals surface area contributed by atoms with E-state index in [0.29, 0.717) is 29.5 Å². The van der Waals surface area contributed by atoms with Gasteiger partial charge in [0.2, 0.25) is 6.79 Å². The van der Waals surface area contributed by atoms with Crippen LogP contribution in [0.3, 0.4) is 0 Å². The molecular weight excluding hydrogens is 368 g/mol. The molecule has 1 aromatic heterocycles. The highest BCUT2D eigenvalue weighted by Gasteiger charge is 2.24. The van der Waals surface area contributed by atoms with E-state index < -0.39 is 0 Å². The van der Waals surface area contributed by atoms with Crippen LogP contribution >= 0.6 is 0 Å². The third-order valence-corrected chi connectivity index (χ3v) is 6.11. The summed E-state index contributed by atoms with van der Waals surface area (Å²) in [5.41, 5.74) is 1.58. The summed E-state index contributed by atoms with van der Waals surface area (Å²) in [5.74, 6) is 1.61. The number of aromatic nitrogens is 1. The second kappa shape index (κ2) is 8.31. The highest BCUT2D eigenvalue weighted by atomic mass is 16.7. The fraction of sp³-hybridized carbons (Fsp3) is 0.478. The van der Waals surface area contributed by atoms with Crippen molar-refractivity contribution >= 4 is 5.91 Å². The summed E-state index contributed by atoms with van der Waals surface area (Å²) >= 11 is 0. The van der Waals surface area contributed by atoms with Crippen LogP contribution in [0.1, 0.15) is 60.5 Å². The Morgan fingerprint density at radius 2 is 1.93 bits per heavy atom. The van der Waals surface area contributed by atoms with Crippen molar-refractivity contribution in [3.05, 3.63) is 57.5 Å². The van der Waals surface area contributed by atoms with Crippen molar-refractivity contribution in [1.29, 1.82) is 0 Å². The summed E-state index contributed by atoms with van der Waals surface area (Å²) in [5, 5.41) is 3.08. The van der Waals surface area contributed by atoms with Crippen LogP contribution in [0.2, 0.25) is 0 Å². The maximum absolute atomic E-state index is 13.1. The number of hydrogen-bond donors (Lipinski definition) is 1. The molecule has 1 saturated carbocycles. The van der Waals surface area contributed by atoms with Crippen LogP contribution < -0.4 is 20.3 Å². The van der Waals surface area contributed by atoms with Crippen LogP contribution in [0.4, 0.5) is 0 Å². The molecule has 0 bridgehead atoms. The summed E-state index contributed by atoms with van der Waals surface area (Å²) in [6.07, 6.45) is 7.74. The van der Waals surface area contributed by atoms with Gasteiger partial charge in [-0.3, -0.25) is 9.59 Å². The Labute approximate surface area is 170 Å². The van der Waals surface area contributed by atoms with Crippen LogP contribution in [0.25, 0.3) is 0 Å². The highest BCUT2D eigenvalue weighted by Crippen LogP contribution is 2.32. The molecule has 1 N–H and O–H groups in total. The second-order valence-electron chi connectivity index (χ2n) is 8.15. The Kier molecular flexibility index (Phi) is 5.60. The van der Waals surface area contributed by atoms with Gasteiger partial charge in [0.15, 0.2) is 11.5 Å². The van der Waals surface area contributed by atoms with Crippen LogP contribution in [0.15, 0.2) is 35.3 Å². The Hall–Kier alpha value is -2.76. The minimum absolute atomic E-state index is 0.0733. The number of benzene rings is 1. The van der Waals surface area contributed by atoms with Crippen LogP contribution in [0.5, 0.6) is 11.5 Å². The average Bonchev–Trinajstić information content (AvgIpc) is 3.19. The maximum atomic E-state index is 13.1. The zero-order chi connectivity index (χ0) is 20.4. The first-order chi connectivity index (χ1) is 14.0. The van der Waals surface area contributed by atoms with Crippen LogP contribution in [-0.4, -0.2) is 23.3 Å². The van der Waals surface area contributed by atoms with Crippen molar-refractivity contribution in [2.24, 2.45) is 5.92 Å². The van der Waals surface area contributed by atoms with E-state index in [1.807, 2.05) is 31.2 Å². The topological polar surface area (TPSA) is 69.6 Å². The number of aryl methyl sites for hydroxylation is 1. The third kappa shape index (κ3) is 4.16. The molecule has 0 radical (unpaired) electrons. The molecule has 6 nitrogen and oxygen atoms in total. The standard InChI is InChI=1S/C23H28N2O4/c1-15-10-11-25(13-17-8-9-19-20(12-17)29-14-28-19)23(27)21(15)22(26)24-16(2)18-6-4-3-5-7-18/h8-12,16,18H,3-7,13-14H2,1-2H3,(H,24,26)/t16-/m1/s1. The van der Waals surface area contributed by atoms with Crippen molar-refractivity contribution in [3.63, 3.8) is 0 Å². The highest BCUT2D eigenvalue weighted by molar-refractivity contribution is 5.95. The number of carbonyl (C=O) groups excluding carboxylic acids is 1. The van der Waals surface area contributed by atoms with Gasteiger partial charge in [-0.15, -0.1) is 0 Å². The number of nitrogens with one attached hydrogen (secondary N) is 1. The number of fused-ring (bicyclic) bond motifs is 1. The normalized spacial score (nSPS) is 17.2. The fourth-order valence-electron chi connectivity index (χ4n) is 4.33. The maximum Gasteiger partial charge on any atom is 0.263 e. The van der Waals surface area contributed by atoms with E-state index in [1.54, 1.807) is 10.8 Å². The van der Waals surface area contributed by atoms with E-state index in [2.05, 4.69) is 12.2 Å². The van der Waals surface area contributed by atoms with Gasteiger partial charge in [-0.25, -0.2) is 0 Å². The number of nitrogens with zero attached hydrogens (tertiary/aromatic N) is 1. The van der Waals surface area contributed by atoms with E-state index in [0.717, 1.165) is 18.4 Å². The van der Waals surface area contributed by atoms with E-state index >= 15 is 0 Å². The molecule has 1 aliphatic heterocycles. The van der Waals surface area contributed by atoms with E-state index in [1.165, 1.54) is 19.3 Å². The summed E-state index contributed by atoms with van der Waals surface area (Å²) in [4.78, 5) is 26.0. The zero-order valence-electron chi connectivity index (χ0n) is 17.1. The van der Waals surface area contributed by atoms with Crippen LogP contribution in [0, 0.1) is 12.8 Å². The van der Waals surface area contributed by atoms with Gasteiger partial charge < -0.3 is 19.4 Å². The largest absolute Gasteiger partial charge is 0.454 e. The number of hydrogen-bond acceptors (Lipinski definition) is 4. The van der Waals surface area contributed by atoms with Crippen molar-refractivity contribution in [2.45, 2.75) is 58.5 Å². The molecule has 1 fully saturated rings. The van der Waals surface area contributed by atoms with Gasteiger partial charge in [0.25, 0.3) is 11.5 Å². The molecule has 1 amide bonds. The minimum Gasteiger partial charge on any atom is -0.454 e. The molecule has 0 spiro atoms. The quantitative estimate of drug-likeness (QED) is 0.838. The molecule has 2 heterocycles. The van der Waals surface area contributed by atoms with Gasteiger partial charge in [-0.05, 0) is 61.9 Å². The van der Waals surface area contributed by atoms with Crippen LogP contribution in [-0.2, 0) is 6.54 Å².